The van der Waals surface area contributed by atoms with Crippen LogP contribution in [0.2, 0.25) is 5.02 Å². The molecule has 0 saturated carbocycles. The van der Waals surface area contributed by atoms with Crippen molar-refractivity contribution in [1.82, 2.24) is 19.5 Å². The number of anilines is 1. The highest BCUT2D eigenvalue weighted by atomic mass is 35.5. The molecule has 0 spiro atoms. The van der Waals surface area contributed by atoms with E-state index in [2.05, 4.69) is 15.0 Å². The van der Waals surface area contributed by atoms with Crippen molar-refractivity contribution in [1.29, 1.82) is 5.26 Å². The summed E-state index contributed by atoms with van der Waals surface area (Å²) in [6.07, 6.45) is 0.768. The summed E-state index contributed by atoms with van der Waals surface area (Å²) < 4.78 is 54.1. The summed E-state index contributed by atoms with van der Waals surface area (Å²) in [6.45, 7) is 0.561. The van der Waals surface area contributed by atoms with Gasteiger partial charge in [-0.2, -0.15) is 18.4 Å². The van der Waals surface area contributed by atoms with E-state index in [0.29, 0.717) is 22.9 Å². The Labute approximate surface area is 182 Å². The van der Waals surface area contributed by atoms with E-state index >= 15 is 0 Å². The number of halogens is 4. The van der Waals surface area contributed by atoms with Crippen LogP contribution in [-0.2, 0) is 17.0 Å². The number of alkyl halides is 3. The van der Waals surface area contributed by atoms with E-state index in [1.807, 2.05) is 0 Å². The summed E-state index contributed by atoms with van der Waals surface area (Å²) >= 11 is 6.36. The molecule has 2 aromatic heterocycles. The summed E-state index contributed by atoms with van der Waals surface area (Å²) in [7, 11) is -1.48. The highest BCUT2D eigenvalue weighted by Gasteiger charge is 2.36. The van der Waals surface area contributed by atoms with Crippen LogP contribution in [0, 0.1) is 11.3 Å². The molecule has 0 radical (unpaired) electrons. The Bertz CT molecular complexity index is 1180. The maximum absolute atomic E-state index is 13.1. The van der Waals surface area contributed by atoms with E-state index < -0.39 is 28.5 Å². The summed E-state index contributed by atoms with van der Waals surface area (Å²) in [5, 5.41) is 8.95. The molecule has 2 unspecified atom stereocenters. The number of hydrogen-bond donors (Lipinski definition) is 0. The Morgan fingerprint density at radius 3 is 2.71 bits per heavy atom. The molecule has 0 bridgehead atoms. The summed E-state index contributed by atoms with van der Waals surface area (Å²) in [4.78, 5) is 13.1. The Balaban J connectivity index is 1.54. The molecule has 12 heteroatoms. The molecule has 1 aliphatic rings. The number of aromatic nitrogens is 4. The molecule has 160 valence electrons. The zero-order valence-corrected chi connectivity index (χ0v) is 17.3. The van der Waals surface area contributed by atoms with Crippen molar-refractivity contribution in [3.8, 4) is 11.8 Å². The third kappa shape index (κ3) is 4.40. The summed E-state index contributed by atoms with van der Waals surface area (Å²) in [6, 6.07) is 7.49. The minimum Gasteiger partial charge on any atom is -0.355 e. The highest BCUT2D eigenvalue weighted by molar-refractivity contribution is 7.85. The molecule has 1 saturated heterocycles. The van der Waals surface area contributed by atoms with Gasteiger partial charge in [0.1, 0.15) is 11.9 Å². The predicted molar refractivity (Wildman–Crippen MR) is 107 cm³/mol. The number of nitrogens with zero attached hydrogens (tertiary/aromatic N) is 6. The second-order valence-corrected chi connectivity index (χ2v) is 8.89. The number of benzene rings is 1. The fourth-order valence-electron chi connectivity index (χ4n) is 3.31. The first-order valence-corrected chi connectivity index (χ1v) is 10.6. The highest BCUT2D eigenvalue weighted by Crippen LogP contribution is 2.32. The van der Waals surface area contributed by atoms with Gasteiger partial charge in [0.15, 0.2) is 5.69 Å². The maximum Gasteiger partial charge on any atom is 0.433 e. The van der Waals surface area contributed by atoms with Gasteiger partial charge in [0.25, 0.3) is 0 Å². The minimum atomic E-state index is -4.70. The van der Waals surface area contributed by atoms with Crippen LogP contribution in [0.3, 0.4) is 0 Å². The first-order chi connectivity index (χ1) is 14.8. The minimum absolute atomic E-state index is 0.0140. The molecule has 2 atom stereocenters. The fourth-order valence-corrected chi connectivity index (χ4v) is 5.16. The zero-order valence-electron chi connectivity index (χ0n) is 15.8. The zero-order chi connectivity index (χ0) is 22.2. The second-order valence-electron chi connectivity index (χ2n) is 6.78. The normalized spacial score (nSPS) is 17.5. The van der Waals surface area contributed by atoms with Crippen LogP contribution in [-0.4, -0.2) is 42.1 Å². The quantitative estimate of drug-likeness (QED) is 0.584. The Kier molecular flexibility index (Phi) is 5.68. The second kappa shape index (κ2) is 8.28. The molecule has 0 aliphatic carbocycles. The first-order valence-electron chi connectivity index (χ1n) is 9.06. The molecule has 7 nitrogen and oxygen atoms in total. The number of nitriles is 1. The molecular formula is C19H14ClF3N6OS. The molecule has 31 heavy (non-hydrogen) atoms. The fraction of sp³-hybridized carbons (Fsp3) is 0.263. The van der Waals surface area contributed by atoms with Crippen molar-refractivity contribution in [2.24, 2.45) is 0 Å². The average molecular weight is 467 g/mol. The van der Waals surface area contributed by atoms with Crippen LogP contribution in [0.5, 0.6) is 0 Å². The Morgan fingerprint density at radius 1 is 1.26 bits per heavy atom. The van der Waals surface area contributed by atoms with Crippen LogP contribution in [0.1, 0.15) is 17.9 Å². The third-order valence-electron chi connectivity index (χ3n) is 4.81. The standard InChI is InChI=1S/C19H14ClF3N6OS/c20-14-7-12(29-6-4-25-11-29)1-2-15(14)31(30)13-3-5-28(10-13)18-8-16(19(21,22)23)26-17(9-24)27-18/h1-2,4,6-8,11,13H,3,5,10H2. The molecule has 0 N–H and O–H groups in total. The topological polar surface area (TPSA) is 87.7 Å². The molecule has 1 aliphatic heterocycles. The van der Waals surface area contributed by atoms with Crippen molar-refractivity contribution < 1.29 is 17.4 Å². The lowest BCUT2D eigenvalue weighted by atomic mass is 10.3. The molecule has 1 aromatic carbocycles. The van der Waals surface area contributed by atoms with E-state index in [9.17, 15) is 17.4 Å². The summed E-state index contributed by atoms with van der Waals surface area (Å²) in [5.74, 6) is -0.576. The average Bonchev–Trinajstić information content (AvgIpc) is 3.44. The van der Waals surface area contributed by atoms with Crippen LogP contribution in [0.25, 0.3) is 5.69 Å². The van der Waals surface area contributed by atoms with Crippen molar-refractivity contribution >= 4 is 28.2 Å². The van der Waals surface area contributed by atoms with Gasteiger partial charge in [0, 0.05) is 37.2 Å². The molecule has 3 heterocycles. The summed E-state index contributed by atoms with van der Waals surface area (Å²) in [5.41, 5.74) is -0.419. The first kappa shape index (κ1) is 21.3. The van der Waals surface area contributed by atoms with Gasteiger partial charge in [0.05, 0.1) is 32.3 Å². The molecule has 3 aromatic rings. The van der Waals surface area contributed by atoms with Gasteiger partial charge in [-0.15, -0.1) is 0 Å². The van der Waals surface area contributed by atoms with Crippen LogP contribution in [0.4, 0.5) is 19.0 Å². The lowest BCUT2D eigenvalue weighted by Gasteiger charge is -2.19. The predicted octanol–water partition coefficient (Wildman–Crippen LogP) is 3.59. The largest absolute Gasteiger partial charge is 0.433 e. The Hall–Kier alpha value is -2.97. The van der Waals surface area contributed by atoms with E-state index in [0.717, 1.165) is 11.8 Å². The van der Waals surface area contributed by atoms with Crippen LogP contribution in [0.15, 0.2) is 47.9 Å². The van der Waals surface area contributed by atoms with Crippen LogP contribution >= 0.6 is 11.6 Å². The smallest absolute Gasteiger partial charge is 0.355 e. The van der Waals surface area contributed by atoms with Gasteiger partial charge < -0.3 is 9.47 Å². The third-order valence-corrected chi connectivity index (χ3v) is 7.01. The van der Waals surface area contributed by atoms with E-state index in [4.69, 9.17) is 16.9 Å². The van der Waals surface area contributed by atoms with E-state index in [1.54, 1.807) is 52.5 Å². The monoisotopic (exact) mass is 466 g/mol. The number of imidazole rings is 1. The maximum atomic E-state index is 13.1. The van der Waals surface area contributed by atoms with Crippen molar-refractivity contribution in [3.63, 3.8) is 0 Å². The van der Waals surface area contributed by atoms with Gasteiger partial charge in [-0.25, -0.2) is 15.0 Å². The van der Waals surface area contributed by atoms with E-state index in [-0.39, 0.29) is 17.6 Å². The molecule has 4 rings (SSSR count). The van der Waals surface area contributed by atoms with Gasteiger partial charge in [-0.05, 0) is 24.6 Å². The number of rotatable bonds is 4. The van der Waals surface area contributed by atoms with E-state index in [1.165, 1.54) is 0 Å². The van der Waals surface area contributed by atoms with Gasteiger partial charge >= 0.3 is 6.18 Å². The SMILES string of the molecule is N#Cc1nc(N2CCC(S(=O)c3ccc(-n4ccnc4)cc3Cl)C2)cc(C(F)(F)F)n1. The van der Waals surface area contributed by atoms with Crippen molar-refractivity contribution in [2.45, 2.75) is 22.7 Å². The lowest BCUT2D eigenvalue weighted by molar-refractivity contribution is -0.141. The lowest BCUT2D eigenvalue weighted by Crippen LogP contribution is -2.26. The van der Waals surface area contributed by atoms with Crippen molar-refractivity contribution in [2.75, 3.05) is 18.0 Å². The number of hydrogen-bond acceptors (Lipinski definition) is 6. The molecule has 0 amide bonds. The molecule has 1 fully saturated rings. The van der Waals surface area contributed by atoms with Crippen molar-refractivity contribution in [3.05, 3.63) is 59.5 Å². The molecular weight excluding hydrogens is 453 g/mol. The van der Waals surface area contributed by atoms with Gasteiger partial charge in [-0.3, -0.25) is 4.21 Å². The van der Waals surface area contributed by atoms with Gasteiger partial charge in [0.2, 0.25) is 5.82 Å². The Morgan fingerprint density at radius 2 is 2.06 bits per heavy atom. The van der Waals surface area contributed by atoms with Crippen LogP contribution < -0.4 is 4.90 Å². The van der Waals surface area contributed by atoms with Gasteiger partial charge in [-0.1, -0.05) is 11.6 Å².